The van der Waals surface area contributed by atoms with Gasteiger partial charge in [0.1, 0.15) is 5.75 Å². The van der Waals surface area contributed by atoms with Gasteiger partial charge in [0.2, 0.25) is 0 Å². The minimum absolute atomic E-state index is 0.0916. The van der Waals surface area contributed by atoms with Crippen molar-refractivity contribution in [2.45, 2.75) is 33.3 Å². The van der Waals surface area contributed by atoms with Gasteiger partial charge in [-0.15, -0.1) is 0 Å². The Morgan fingerprint density at radius 3 is 2.61 bits per heavy atom. The second-order valence-electron chi connectivity index (χ2n) is 4.58. The van der Waals surface area contributed by atoms with Crippen molar-refractivity contribution in [2.75, 3.05) is 6.54 Å². The molecule has 0 aliphatic carbocycles. The number of carbonyl (C=O) groups is 1. The molecule has 100 valence electrons. The smallest absolute Gasteiger partial charge is 0.261 e. The number of nitrogens with one attached hydrogen (secondary N) is 1. The lowest BCUT2D eigenvalue weighted by Gasteiger charge is -2.18. The maximum Gasteiger partial charge on any atom is 0.261 e. The quantitative estimate of drug-likeness (QED) is 0.861. The molecule has 18 heavy (non-hydrogen) atoms. The molecule has 0 spiro atoms. The van der Waals surface area contributed by atoms with E-state index in [9.17, 15) is 4.79 Å². The summed E-state index contributed by atoms with van der Waals surface area (Å²) in [6.45, 7) is 6.67. The Labute approximate surface area is 113 Å². The first-order valence-electron chi connectivity index (χ1n) is 6.23. The van der Waals surface area contributed by atoms with E-state index in [4.69, 9.17) is 16.3 Å². The number of rotatable bonds is 6. The topological polar surface area (TPSA) is 38.3 Å². The van der Waals surface area contributed by atoms with Crippen molar-refractivity contribution in [2.24, 2.45) is 5.92 Å². The molecule has 1 aromatic carbocycles. The molecule has 0 aliphatic rings. The molecule has 0 radical (unpaired) electrons. The van der Waals surface area contributed by atoms with Crippen LogP contribution in [-0.2, 0) is 4.79 Å². The summed E-state index contributed by atoms with van der Waals surface area (Å²) in [5.74, 6) is 0.878. The Kier molecular flexibility index (Phi) is 5.99. The minimum atomic E-state index is -0.497. The lowest BCUT2D eigenvalue weighted by molar-refractivity contribution is -0.128. The number of para-hydroxylation sites is 1. The Balaban J connectivity index is 2.62. The van der Waals surface area contributed by atoms with Crippen molar-refractivity contribution in [3.8, 4) is 5.75 Å². The van der Waals surface area contributed by atoms with E-state index in [2.05, 4.69) is 19.2 Å². The predicted molar refractivity (Wildman–Crippen MR) is 74.0 cm³/mol. The number of halogens is 1. The maximum atomic E-state index is 11.9. The zero-order valence-corrected chi connectivity index (χ0v) is 11.8. The largest absolute Gasteiger partial charge is 0.479 e. The van der Waals surface area contributed by atoms with Crippen LogP contribution in [0.1, 0.15) is 27.2 Å². The molecule has 0 bridgehead atoms. The van der Waals surface area contributed by atoms with Crippen LogP contribution in [-0.4, -0.2) is 18.6 Å². The molecule has 0 fully saturated rings. The first-order valence-corrected chi connectivity index (χ1v) is 6.61. The van der Waals surface area contributed by atoms with Gasteiger partial charge in [-0.3, -0.25) is 4.79 Å². The van der Waals surface area contributed by atoms with E-state index in [-0.39, 0.29) is 5.91 Å². The molecular weight excluding hydrogens is 250 g/mol. The van der Waals surface area contributed by atoms with Crippen molar-refractivity contribution in [1.82, 2.24) is 5.32 Å². The number of hydrogen-bond donors (Lipinski definition) is 1. The van der Waals surface area contributed by atoms with Crippen LogP contribution in [0, 0.1) is 5.92 Å². The molecule has 1 N–H and O–H groups in total. The molecule has 0 heterocycles. The summed E-state index contributed by atoms with van der Waals surface area (Å²) in [6.07, 6.45) is 0.110. The first kappa shape index (κ1) is 14.8. The SMILES string of the molecule is CC[C@H](Oc1ccccc1Cl)C(=O)NCC(C)C. The summed E-state index contributed by atoms with van der Waals surface area (Å²) in [6, 6.07) is 7.17. The van der Waals surface area contributed by atoms with E-state index in [1.54, 1.807) is 12.1 Å². The van der Waals surface area contributed by atoms with Gasteiger partial charge < -0.3 is 10.1 Å². The lowest BCUT2D eigenvalue weighted by atomic mass is 10.2. The first-order chi connectivity index (χ1) is 8.54. The molecular formula is C14H20ClNO2. The van der Waals surface area contributed by atoms with Crippen LogP contribution in [0.4, 0.5) is 0 Å². The third kappa shape index (κ3) is 4.57. The standard InChI is InChI=1S/C14H20ClNO2/c1-4-12(14(17)16-9-10(2)3)18-13-8-6-5-7-11(13)15/h5-8,10,12H,4,9H2,1-3H3,(H,16,17)/t12-/m0/s1. The monoisotopic (exact) mass is 269 g/mol. The summed E-state index contributed by atoms with van der Waals surface area (Å²) in [7, 11) is 0. The molecule has 0 aromatic heterocycles. The van der Waals surface area contributed by atoms with Gasteiger partial charge in [0.05, 0.1) is 5.02 Å². The van der Waals surface area contributed by atoms with E-state index >= 15 is 0 Å². The van der Waals surface area contributed by atoms with Gasteiger partial charge in [0, 0.05) is 6.54 Å². The van der Waals surface area contributed by atoms with Gasteiger partial charge in [0.25, 0.3) is 5.91 Å². The van der Waals surface area contributed by atoms with Crippen LogP contribution in [0.3, 0.4) is 0 Å². The second-order valence-corrected chi connectivity index (χ2v) is 4.99. The second kappa shape index (κ2) is 7.27. The van der Waals surface area contributed by atoms with Crippen molar-refractivity contribution >= 4 is 17.5 Å². The normalized spacial score (nSPS) is 12.3. The Bertz CT molecular complexity index is 393. The van der Waals surface area contributed by atoms with Gasteiger partial charge in [-0.2, -0.15) is 0 Å². The molecule has 1 rings (SSSR count). The van der Waals surface area contributed by atoms with Gasteiger partial charge >= 0.3 is 0 Å². The number of ether oxygens (including phenoxy) is 1. The molecule has 0 saturated heterocycles. The zero-order valence-electron chi connectivity index (χ0n) is 11.1. The molecule has 3 nitrogen and oxygen atoms in total. The van der Waals surface area contributed by atoms with Crippen LogP contribution in [0.15, 0.2) is 24.3 Å². The average molecular weight is 270 g/mol. The highest BCUT2D eigenvalue weighted by molar-refractivity contribution is 6.32. The third-order valence-corrected chi connectivity index (χ3v) is 2.77. The van der Waals surface area contributed by atoms with E-state index in [1.807, 2.05) is 19.1 Å². The fourth-order valence-electron chi connectivity index (χ4n) is 1.43. The molecule has 0 saturated carbocycles. The van der Waals surface area contributed by atoms with Crippen molar-refractivity contribution < 1.29 is 9.53 Å². The van der Waals surface area contributed by atoms with Crippen LogP contribution in [0.2, 0.25) is 5.02 Å². The van der Waals surface area contributed by atoms with E-state index in [1.165, 1.54) is 0 Å². The highest BCUT2D eigenvalue weighted by Crippen LogP contribution is 2.24. The summed E-state index contributed by atoms with van der Waals surface area (Å²) < 4.78 is 5.64. The van der Waals surface area contributed by atoms with Gasteiger partial charge in [-0.05, 0) is 24.5 Å². The number of amides is 1. The van der Waals surface area contributed by atoms with Crippen molar-refractivity contribution in [3.63, 3.8) is 0 Å². The number of benzene rings is 1. The number of hydrogen-bond acceptors (Lipinski definition) is 2. The van der Waals surface area contributed by atoms with Crippen LogP contribution < -0.4 is 10.1 Å². The van der Waals surface area contributed by atoms with E-state index in [0.717, 1.165) is 0 Å². The van der Waals surface area contributed by atoms with Crippen LogP contribution in [0.5, 0.6) is 5.75 Å². The summed E-state index contributed by atoms with van der Waals surface area (Å²) in [5, 5.41) is 3.39. The van der Waals surface area contributed by atoms with Crippen molar-refractivity contribution in [3.05, 3.63) is 29.3 Å². The highest BCUT2D eigenvalue weighted by Gasteiger charge is 2.19. The highest BCUT2D eigenvalue weighted by atomic mass is 35.5. The zero-order chi connectivity index (χ0) is 13.5. The van der Waals surface area contributed by atoms with Crippen LogP contribution in [0.25, 0.3) is 0 Å². The van der Waals surface area contributed by atoms with Gasteiger partial charge in [0.15, 0.2) is 6.10 Å². The lowest BCUT2D eigenvalue weighted by Crippen LogP contribution is -2.39. The molecule has 1 aromatic rings. The summed E-state index contributed by atoms with van der Waals surface area (Å²) in [5.41, 5.74) is 0. The number of carbonyl (C=O) groups excluding carboxylic acids is 1. The molecule has 1 amide bonds. The average Bonchev–Trinajstić information content (AvgIpc) is 2.35. The fourth-order valence-corrected chi connectivity index (χ4v) is 1.61. The predicted octanol–water partition coefficient (Wildman–Crippen LogP) is 3.27. The summed E-state index contributed by atoms with van der Waals surface area (Å²) >= 11 is 6.00. The molecule has 1 atom stereocenters. The fraction of sp³-hybridized carbons (Fsp3) is 0.500. The summed E-state index contributed by atoms with van der Waals surface area (Å²) in [4.78, 5) is 11.9. The van der Waals surface area contributed by atoms with Crippen LogP contribution >= 0.6 is 11.6 Å². The van der Waals surface area contributed by atoms with Crippen molar-refractivity contribution in [1.29, 1.82) is 0 Å². The van der Waals surface area contributed by atoms with E-state index in [0.29, 0.717) is 29.7 Å². The molecule has 0 unspecified atom stereocenters. The molecule has 4 heteroatoms. The van der Waals surface area contributed by atoms with Gasteiger partial charge in [-0.25, -0.2) is 0 Å². The molecule has 0 aliphatic heterocycles. The Morgan fingerprint density at radius 1 is 1.39 bits per heavy atom. The van der Waals surface area contributed by atoms with Gasteiger partial charge in [-0.1, -0.05) is 44.5 Å². The Hall–Kier alpha value is -1.22. The minimum Gasteiger partial charge on any atom is -0.479 e. The van der Waals surface area contributed by atoms with E-state index < -0.39 is 6.10 Å². The Morgan fingerprint density at radius 2 is 2.06 bits per heavy atom. The third-order valence-electron chi connectivity index (χ3n) is 2.45. The maximum absolute atomic E-state index is 11.9.